The molecule has 5 nitrogen and oxygen atoms in total. The number of nitrogens with one attached hydrogen (secondary N) is 1. The summed E-state index contributed by atoms with van der Waals surface area (Å²) in [6.07, 6.45) is 0. The number of halogens is 1. The SMILES string of the molecule is Cc1ccc(-n2c(SCC(=O)Nc3cc(Cl)ccc3C)nnc2-c2cccs2)cc1. The molecule has 0 aliphatic rings. The normalized spacial score (nSPS) is 10.9. The average molecular weight is 455 g/mol. The molecule has 0 aliphatic carbocycles. The average Bonchev–Trinajstić information content (AvgIpc) is 3.39. The molecule has 0 spiro atoms. The number of thiophene rings is 1. The maximum absolute atomic E-state index is 12.5. The Morgan fingerprint density at radius 2 is 1.93 bits per heavy atom. The molecule has 0 bridgehead atoms. The highest BCUT2D eigenvalue weighted by molar-refractivity contribution is 7.99. The molecule has 0 aliphatic heterocycles. The van der Waals surface area contributed by atoms with Gasteiger partial charge in [-0.05, 0) is 55.1 Å². The number of anilines is 1. The van der Waals surface area contributed by atoms with Gasteiger partial charge in [-0.25, -0.2) is 0 Å². The number of benzene rings is 2. The van der Waals surface area contributed by atoms with Crippen LogP contribution < -0.4 is 5.32 Å². The van der Waals surface area contributed by atoms with Crippen LogP contribution in [0.1, 0.15) is 11.1 Å². The number of carbonyl (C=O) groups excluding carboxylic acids is 1. The predicted molar refractivity (Wildman–Crippen MR) is 125 cm³/mol. The lowest BCUT2D eigenvalue weighted by Crippen LogP contribution is -2.15. The van der Waals surface area contributed by atoms with Crippen molar-refractivity contribution in [2.45, 2.75) is 19.0 Å². The topological polar surface area (TPSA) is 59.8 Å². The summed E-state index contributed by atoms with van der Waals surface area (Å²) in [6, 6.07) is 17.6. The molecule has 152 valence electrons. The van der Waals surface area contributed by atoms with E-state index in [1.54, 1.807) is 23.5 Å². The third-order valence-electron chi connectivity index (χ3n) is 4.47. The van der Waals surface area contributed by atoms with Crippen LogP contribution in [0, 0.1) is 13.8 Å². The molecule has 4 aromatic rings. The molecule has 1 amide bonds. The molecule has 2 aromatic carbocycles. The van der Waals surface area contributed by atoms with E-state index in [0.29, 0.717) is 15.9 Å². The molecule has 0 atom stereocenters. The lowest BCUT2D eigenvalue weighted by Gasteiger charge is -2.11. The summed E-state index contributed by atoms with van der Waals surface area (Å²) in [6.45, 7) is 3.98. The van der Waals surface area contributed by atoms with Gasteiger partial charge in [0.05, 0.1) is 10.6 Å². The smallest absolute Gasteiger partial charge is 0.234 e. The Hall–Kier alpha value is -2.61. The first-order valence-electron chi connectivity index (χ1n) is 9.26. The van der Waals surface area contributed by atoms with Gasteiger partial charge in [0.25, 0.3) is 0 Å². The van der Waals surface area contributed by atoms with E-state index in [0.717, 1.165) is 22.0 Å². The molecule has 2 aromatic heterocycles. The van der Waals surface area contributed by atoms with Crippen LogP contribution in [-0.2, 0) is 4.79 Å². The number of hydrogen-bond donors (Lipinski definition) is 1. The molecule has 0 saturated heterocycles. The van der Waals surface area contributed by atoms with Gasteiger partial charge in [-0.15, -0.1) is 21.5 Å². The van der Waals surface area contributed by atoms with Crippen molar-refractivity contribution in [1.82, 2.24) is 14.8 Å². The Kier molecular flexibility index (Phi) is 6.22. The van der Waals surface area contributed by atoms with Gasteiger partial charge in [0.2, 0.25) is 5.91 Å². The fourth-order valence-corrected chi connectivity index (χ4v) is 4.52. The Labute approximate surface area is 188 Å². The van der Waals surface area contributed by atoms with E-state index < -0.39 is 0 Å². The second-order valence-electron chi connectivity index (χ2n) is 6.75. The zero-order chi connectivity index (χ0) is 21.1. The molecular formula is C22H19ClN4OS2. The molecule has 1 N–H and O–H groups in total. The van der Waals surface area contributed by atoms with Crippen LogP contribution >= 0.6 is 34.7 Å². The quantitative estimate of drug-likeness (QED) is 0.363. The number of amides is 1. The lowest BCUT2D eigenvalue weighted by atomic mass is 10.2. The van der Waals surface area contributed by atoms with Gasteiger partial charge in [0, 0.05) is 16.4 Å². The van der Waals surface area contributed by atoms with Crippen molar-refractivity contribution in [3.05, 3.63) is 76.1 Å². The summed E-state index contributed by atoms with van der Waals surface area (Å²) in [7, 11) is 0. The number of hydrogen-bond acceptors (Lipinski definition) is 5. The minimum absolute atomic E-state index is 0.124. The van der Waals surface area contributed by atoms with Crippen molar-refractivity contribution in [2.24, 2.45) is 0 Å². The molecular weight excluding hydrogens is 436 g/mol. The van der Waals surface area contributed by atoms with Crippen LogP contribution in [0.15, 0.2) is 65.1 Å². The first-order valence-corrected chi connectivity index (χ1v) is 11.5. The summed E-state index contributed by atoms with van der Waals surface area (Å²) in [5.41, 5.74) is 3.81. The van der Waals surface area contributed by atoms with E-state index in [4.69, 9.17) is 11.6 Å². The van der Waals surface area contributed by atoms with E-state index in [9.17, 15) is 4.79 Å². The second kappa shape index (κ2) is 9.04. The van der Waals surface area contributed by atoms with Crippen molar-refractivity contribution in [2.75, 3.05) is 11.1 Å². The van der Waals surface area contributed by atoms with Gasteiger partial charge >= 0.3 is 0 Å². The Morgan fingerprint density at radius 3 is 2.67 bits per heavy atom. The van der Waals surface area contributed by atoms with Gasteiger partial charge in [-0.1, -0.05) is 53.2 Å². The monoisotopic (exact) mass is 454 g/mol. The van der Waals surface area contributed by atoms with Crippen molar-refractivity contribution in [3.63, 3.8) is 0 Å². The second-order valence-corrected chi connectivity index (χ2v) is 9.08. The maximum Gasteiger partial charge on any atom is 0.234 e. The fourth-order valence-electron chi connectivity index (χ4n) is 2.90. The van der Waals surface area contributed by atoms with Gasteiger partial charge in [-0.2, -0.15) is 0 Å². The van der Waals surface area contributed by atoms with E-state index in [1.165, 1.54) is 17.3 Å². The van der Waals surface area contributed by atoms with Crippen molar-refractivity contribution >= 4 is 46.3 Å². The highest BCUT2D eigenvalue weighted by Gasteiger charge is 2.18. The minimum Gasteiger partial charge on any atom is -0.325 e. The molecule has 4 rings (SSSR count). The number of carbonyl (C=O) groups is 1. The number of nitrogens with zero attached hydrogens (tertiary/aromatic N) is 3. The highest BCUT2D eigenvalue weighted by atomic mass is 35.5. The zero-order valence-electron chi connectivity index (χ0n) is 16.4. The molecule has 8 heteroatoms. The van der Waals surface area contributed by atoms with Gasteiger partial charge in [-0.3, -0.25) is 9.36 Å². The van der Waals surface area contributed by atoms with E-state index in [1.807, 2.05) is 54.1 Å². The zero-order valence-corrected chi connectivity index (χ0v) is 18.8. The van der Waals surface area contributed by atoms with Crippen molar-refractivity contribution < 1.29 is 4.79 Å². The molecule has 0 fully saturated rings. The largest absolute Gasteiger partial charge is 0.325 e. The van der Waals surface area contributed by atoms with Gasteiger partial charge in [0.1, 0.15) is 0 Å². The third kappa shape index (κ3) is 4.59. The van der Waals surface area contributed by atoms with Crippen LogP contribution in [0.4, 0.5) is 5.69 Å². The molecule has 2 heterocycles. The molecule has 0 saturated carbocycles. The number of thioether (sulfide) groups is 1. The first-order chi connectivity index (χ1) is 14.5. The number of aromatic nitrogens is 3. The molecule has 0 unspecified atom stereocenters. The summed E-state index contributed by atoms with van der Waals surface area (Å²) in [5.74, 6) is 0.851. The Bertz CT molecular complexity index is 1170. The summed E-state index contributed by atoms with van der Waals surface area (Å²) in [5, 5.41) is 14.9. The van der Waals surface area contributed by atoms with Crippen LogP contribution in [0.2, 0.25) is 5.02 Å². The Balaban J connectivity index is 1.57. The highest BCUT2D eigenvalue weighted by Crippen LogP contribution is 2.30. The number of rotatable bonds is 6. The first kappa shape index (κ1) is 20.7. The minimum atomic E-state index is -0.124. The van der Waals surface area contributed by atoms with Crippen LogP contribution in [0.3, 0.4) is 0 Å². The van der Waals surface area contributed by atoms with Gasteiger partial charge in [0.15, 0.2) is 11.0 Å². The number of aryl methyl sites for hydroxylation is 2. The van der Waals surface area contributed by atoms with Crippen molar-refractivity contribution in [1.29, 1.82) is 0 Å². The van der Waals surface area contributed by atoms with E-state index in [-0.39, 0.29) is 11.7 Å². The summed E-state index contributed by atoms with van der Waals surface area (Å²) >= 11 is 9.00. The standard InChI is InChI=1S/C22H19ClN4OS2/c1-14-5-9-17(10-6-14)27-21(19-4-3-11-29-19)25-26-22(27)30-13-20(28)24-18-12-16(23)8-7-15(18)2/h3-12H,13H2,1-2H3,(H,24,28). The van der Waals surface area contributed by atoms with E-state index in [2.05, 4.69) is 27.6 Å². The summed E-state index contributed by atoms with van der Waals surface area (Å²) < 4.78 is 1.99. The van der Waals surface area contributed by atoms with E-state index >= 15 is 0 Å². The van der Waals surface area contributed by atoms with Crippen LogP contribution in [-0.4, -0.2) is 26.4 Å². The fraction of sp³-hybridized carbons (Fsp3) is 0.136. The molecule has 0 radical (unpaired) electrons. The maximum atomic E-state index is 12.5. The third-order valence-corrected chi connectivity index (χ3v) is 6.50. The lowest BCUT2D eigenvalue weighted by molar-refractivity contribution is -0.113. The van der Waals surface area contributed by atoms with Gasteiger partial charge < -0.3 is 5.32 Å². The van der Waals surface area contributed by atoms with Crippen LogP contribution in [0.25, 0.3) is 16.4 Å². The van der Waals surface area contributed by atoms with Crippen LogP contribution in [0.5, 0.6) is 0 Å². The summed E-state index contributed by atoms with van der Waals surface area (Å²) in [4.78, 5) is 13.6. The predicted octanol–water partition coefficient (Wildman–Crippen LogP) is 6.00. The Morgan fingerprint density at radius 1 is 1.13 bits per heavy atom. The molecule has 30 heavy (non-hydrogen) atoms. The van der Waals surface area contributed by atoms with Crippen molar-refractivity contribution in [3.8, 4) is 16.4 Å².